The number of nitrogens with one attached hydrogen (secondary N) is 2. The van der Waals surface area contributed by atoms with E-state index in [0.29, 0.717) is 13.1 Å². The molecular weight excluding hydrogens is 457 g/mol. The minimum absolute atomic E-state index is 0.0184. The molecule has 0 atom stereocenters. The molecule has 0 radical (unpaired) electrons. The Balaban J connectivity index is 1.70. The Hall–Kier alpha value is -4.14. The van der Waals surface area contributed by atoms with Crippen molar-refractivity contribution in [1.82, 2.24) is 25.5 Å². The van der Waals surface area contributed by atoms with Gasteiger partial charge in [0.25, 0.3) is 0 Å². The highest BCUT2D eigenvalue weighted by atomic mass is 19.1. The number of hydroxylamine groups is 1. The van der Waals surface area contributed by atoms with Gasteiger partial charge in [-0.1, -0.05) is 25.3 Å². The van der Waals surface area contributed by atoms with Crippen LogP contribution in [-0.4, -0.2) is 47.0 Å². The highest BCUT2D eigenvalue weighted by molar-refractivity contribution is 5.94. The van der Waals surface area contributed by atoms with Gasteiger partial charge in [-0.05, 0) is 54.1 Å². The smallest absolute Gasteiger partial charge is 0.147 e. The van der Waals surface area contributed by atoms with Crippen molar-refractivity contribution in [1.29, 1.82) is 0 Å². The van der Waals surface area contributed by atoms with Gasteiger partial charge in [0.05, 0.1) is 24.0 Å². The third-order valence-corrected chi connectivity index (χ3v) is 5.96. The summed E-state index contributed by atoms with van der Waals surface area (Å²) in [6, 6.07) is 18.0. The van der Waals surface area contributed by atoms with Crippen molar-refractivity contribution >= 4 is 22.3 Å². The zero-order chi connectivity index (χ0) is 25.7. The molecule has 4 rings (SSSR count). The maximum absolute atomic E-state index is 13.5. The third-order valence-electron chi connectivity index (χ3n) is 5.96. The van der Waals surface area contributed by atoms with Crippen LogP contribution in [0.4, 0.5) is 4.39 Å². The number of fused-ring (bicyclic) bond motifs is 1. The Kier molecular flexibility index (Phi) is 7.68. The molecule has 0 spiro atoms. The normalized spacial score (nSPS) is 10.9. The molecule has 0 aliphatic carbocycles. The highest BCUT2D eigenvalue weighted by Gasteiger charge is 2.16. The number of halogens is 1. The van der Waals surface area contributed by atoms with Gasteiger partial charge in [-0.25, -0.2) is 9.07 Å². The summed E-state index contributed by atoms with van der Waals surface area (Å²) in [5.41, 5.74) is 8.54. The summed E-state index contributed by atoms with van der Waals surface area (Å²) in [5, 5.41) is 18.3. The van der Waals surface area contributed by atoms with Crippen LogP contribution in [0.25, 0.3) is 28.0 Å². The summed E-state index contributed by atoms with van der Waals surface area (Å²) in [4.78, 5) is 7.17. The van der Waals surface area contributed by atoms with E-state index in [9.17, 15) is 9.50 Å². The van der Waals surface area contributed by atoms with Gasteiger partial charge >= 0.3 is 0 Å². The molecule has 0 saturated carbocycles. The van der Waals surface area contributed by atoms with Crippen LogP contribution in [0.1, 0.15) is 16.7 Å². The van der Waals surface area contributed by atoms with Gasteiger partial charge in [-0.2, -0.15) is 10.6 Å². The van der Waals surface area contributed by atoms with Crippen LogP contribution in [0, 0.1) is 5.82 Å². The van der Waals surface area contributed by atoms with Crippen LogP contribution in [0.5, 0.6) is 5.75 Å². The van der Waals surface area contributed by atoms with Crippen molar-refractivity contribution in [2.75, 3.05) is 27.2 Å². The van der Waals surface area contributed by atoms with Gasteiger partial charge in [0, 0.05) is 55.1 Å². The van der Waals surface area contributed by atoms with Gasteiger partial charge < -0.3 is 20.2 Å². The van der Waals surface area contributed by atoms with Crippen molar-refractivity contribution in [3.63, 3.8) is 0 Å². The Morgan fingerprint density at radius 1 is 1.11 bits per heavy atom. The average molecular weight is 488 g/mol. The second-order valence-corrected chi connectivity index (χ2v) is 8.36. The summed E-state index contributed by atoms with van der Waals surface area (Å²) < 4.78 is 15.3. The van der Waals surface area contributed by atoms with Crippen LogP contribution in [0.3, 0.4) is 0 Å². The number of benzene rings is 3. The minimum Gasteiger partial charge on any atom is -0.409 e. The first-order valence-corrected chi connectivity index (χ1v) is 11.6. The Labute approximate surface area is 210 Å². The largest absolute Gasteiger partial charge is 0.409 e. The molecule has 1 aromatic heterocycles. The lowest BCUT2D eigenvalue weighted by Crippen LogP contribution is -2.20. The van der Waals surface area contributed by atoms with Gasteiger partial charge in [-0.3, -0.25) is 0 Å². The topological polar surface area (TPSA) is 74.6 Å². The van der Waals surface area contributed by atoms with Crippen molar-refractivity contribution in [3.8, 4) is 11.4 Å². The van der Waals surface area contributed by atoms with E-state index >= 15 is 0 Å². The fourth-order valence-corrected chi connectivity index (χ4v) is 3.93. The number of nitrogens with zero attached hydrogens (tertiary/aromatic N) is 3. The van der Waals surface area contributed by atoms with Crippen LogP contribution in [-0.2, 0) is 6.54 Å². The van der Waals surface area contributed by atoms with Gasteiger partial charge in [0.2, 0.25) is 0 Å². The standard InChI is InChI=1S/C28H30FN5O2/c1-19(31-17-21-5-11-25(12-6-21)36-30-3)26-15-22(20(2)33(4)13-14-35)16-28-27(26)18-32-34(28)24-9-7-23(29)8-10-24/h5-12,15-16,18,30-31,35H,1-2,13-14,17H2,3-4H3. The molecule has 4 aromatic rings. The Bertz CT molecular complexity index is 1360. The summed E-state index contributed by atoms with van der Waals surface area (Å²) in [5.74, 6) is 0.423. The van der Waals surface area contributed by atoms with E-state index in [2.05, 4.69) is 29.1 Å². The second kappa shape index (κ2) is 11.1. The zero-order valence-corrected chi connectivity index (χ0v) is 20.5. The van der Waals surface area contributed by atoms with Crippen molar-refractivity contribution < 1.29 is 14.3 Å². The maximum Gasteiger partial charge on any atom is 0.147 e. The van der Waals surface area contributed by atoms with Crippen molar-refractivity contribution in [3.05, 3.63) is 103 Å². The van der Waals surface area contributed by atoms with E-state index in [4.69, 9.17) is 4.84 Å². The molecule has 0 aliphatic heterocycles. The predicted octanol–water partition coefficient (Wildman–Crippen LogP) is 4.33. The van der Waals surface area contributed by atoms with Crippen molar-refractivity contribution in [2.45, 2.75) is 6.54 Å². The van der Waals surface area contributed by atoms with E-state index in [1.54, 1.807) is 30.1 Å². The lowest BCUT2D eigenvalue weighted by Gasteiger charge is -2.22. The zero-order valence-electron chi connectivity index (χ0n) is 20.5. The first-order chi connectivity index (χ1) is 17.4. The molecule has 0 amide bonds. The molecule has 0 aliphatic rings. The van der Waals surface area contributed by atoms with E-state index in [-0.39, 0.29) is 12.4 Å². The van der Waals surface area contributed by atoms with E-state index in [1.807, 2.05) is 48.3 Å². The summed E-state index contributed by atoms with van der Waals surface area (Å²) in [7, 11) is 3.59. The lowest BCUT2D eigenvalue weighted by molar-refractivity contribution is 0.224. The van der Waals surface area contributed by atoms with E-state index < -0.39 is 0 Å². The predicted molar refractivity (Wildman–Crippen MR) is 142 cm³/mol. The fourth-order valence-electron chi connectivity index (χ4n) is 3.93. The molecule has 1 heterocycles. The Morgan fingerprint density at radius 3 is 2.50 bits per heavy atom. The number of aromatic nitrogens is 2. The van der Waals surface area contributed by atoms with Gasteiger partial charge in [0.15, 0.2) is 0 Å². The lowest BCUT2D eigenvalue weighted by atomic mass is 10.0. The number of hydrogen-bond acceptors (Lipinski definition) is 6. The molecule has 0 fully saturated rings. The number of aliphatic hydroxyl groups excluding tert-OH is 1. The molecule has 8 heteroatoms. The first kappa shape index (κ1) is 25.0. The quantitative estimate of drug-likeness (QED) is 0.274. The molecular formula is C28H30FN5O2. The molecule has 7 nitrogen and oxygen atoms in total. The molecule has 0 bridgehead atoms. The number of hydrogen-bond donors (Lipinski definition) is 3. The van der Waals surface area contributed by atoms with Gasteiger partial charge in [0.1, 0.15) is 11.6 Å². The monoisotopic (exact) mass is 487 g/mol. The fraction of sp³-hybridized carbons (Fsp3) is 0.179. The van der Waals surface area contributed by atoms with Crippen LogP contribution in [0.15, 0.2) is 80.0 Å². The summed E-state index contributed by atoms with van der Waals surface area (Å²) >= 11 is 0. The number of rotatable bonds is 11. The Morgan fingerprint density at radius 2 is 1.83 bits per heavy atom. The van der Waals surface area contributed by atoms with Crippen LogP contribution in [0.2, 0.25) is 0 Å². The molecule has 3 N–H and O–H groups in total. The maximum atomic E-state index is 13.5. The molecule has 36 heavy (non-hydrogen) atoms. The molecule has 186 valence electrons. The van der Waals surface area contributed by atoms with Crippen LogP contribution < -0.4 is 15.6 Å². The minimum atomic E-state index is -0.307. The molecule has 3 aromatic carbocycles. The summed E-state index contributed by atoms with van der Waals surface area (Å²) in [6.07, 6.45) is 1.79. The van der Waals surface area contributed by atoms with Crippen molar-refractivity contribution in [2.24, 2.45) is 0 Å². The summed E-state index contributed by atoms with van der Waals surface area (Å²) in [6.45, 7) is 9.58. The number of likely N-dealkylation sites (N-methyl/N-ethyl adjacent to an activating group) is 1. The molecule has 0 saturated heterocycles. The second-order valence-electron chi connectivity index (χ2n) is 8.36. The molecule has 0 unspecified atom stereocenters. The average Bonchev–Trinajstić information content (AvgIpc) is 3.32. The van der Waals surface area contributed by atoms with Crippen LogP contribution >= 0.6 is 0 Å². The highest BCUT2D eigenvalue weighted by Crippen LogP contribution is 2.30. The third kappa shape index (κ3) is 5.40. The van der Waals surface area contributed by atoms with Gasteiger partial charge in [-0.15, -0.1) is 0 Å². The number of aliphatic hydroxyl groups is 1. The van der Waals surface area contributed by atoms with E-state index in [1.165, 1.54) is 12.1 Å². The first-order valence-electron chi connectivity index (χ1n) is 11.6. The van der Waals surface area contributed by atoms with E-state index in [0.717, 1.165) is 50.4 Å². The SMILES string of the molecule is C=C(NCc1ccc(ONC)cc1)c1cc(C(=C)N(C)CCO)cc2c1cnn2-c1ccc(F)cc1.